The van der Waals surface area contributed by atoms with Gasteiger partial charge in [-0.25, -0.2) is 0 Å². The molecule has 0 unspecified atom stereocenters. The van der Waals surface area contributed by atoms with Gasteiger partial charge in [-0.05, 0) is 44.6 Å². The fourth-order valence-electron chi connectivity index (χ4n) is 2.09. The summed E-state index contributed by atoms with van der Waals surface area (Å²) in [5.74, 6) is 0. The van der Waals surface area contributed by atoms with Crippen LogP contribution in [0.25, 0.3) is 0 Å². The molecule has 0 spiro atoms. The topological polar surface area (TPSA) is 15.3 Å². The van der Waals surface area contributed by atoms with Gasteiger partial charge in [0, 0.05) is 6.54 Å². The molecule has 1 aliphatic rings. The van der Waals surface area contributed by atoms with Gasteiger partial charge in [0.2, 0.25) is 0 Å². The normalized spacial score (nSPS) is 17.2. The van der Waals surface area contributed by atoms with Gasteiger partial charge in [-0.1, -0.05) is 30.3 Å². The first kappa shape index (κ1) is 16.7. The van der Waals surface area contributed by atoms with Gasteiger partial charge in [0.1, 0.15) is 0 Å². The van der Waals surface area contributed by atoms with Crippen LogP contribution in [0.5, 0.6) is 0 Å². The number of nitrogens with zero attached hydrogens (tertiary/aromatic N) is 1. The highest BCUT2D eigenvalue weighted by Crippen LogP contribution is 2.06. The van der Waals surface area contributed by atoms with Crippen LogP contribution < -0.4 is 5.32 Å². The lowest BCUT2D eigenvalue weighted by Crippen LogP contribution is -2.33. The SMILES string of the molecule is Cl.Cl.c1ccc(CN2CCCNCCC2)cc1. The zero-order valence-corrected chi connectivity index (χ0v) is 11.7. The highest BCUT2D eigenvalue weighted by atomic mass is 35.5. The first-order valence-electron chi connectivity index (χ1n) is 5.92. The molecule has 0 aliphatic carbocycles. The fraction of sp³-hybridized carbons (Fsp3) is 0.538. The second-order valence-corrected chi connectivity index (χ2v) is 4.22. The van der Waals surface area contributed by atoms with Crippen LogP contribution in [0.2, 0.25) is 0 Å². The van der Waals surface area contributed by atoms with Gasteiger partial charge in [-0.15, -0.1) is 24.8 Å². The zero-order valence-electron chi connectivity index (χ0n) is 10.1. The lowest BCUT2D eigenvalue weighted by molar-refractivity contribution is 0.245. The molecule has 0 amide bonds. The fourth-order valence-corrected chi connectivity index (χ4v) is 2.09. The summed E-state index contributed by atoms with van der Waals surface area (Å²) in [5, 5.41) is 3.44. The molecule has 4 heteroatoms. The molecule has 2 nitrogen and oxygen atoms in total. The van der Waals surface area contributed by atoms with Crippen molar-refractivity contribution in [1.29, 1.82) is 0 Å². The van der Waals surface area contributed by atoms with E-state index in [1.807, 2.05) is 0 Å². The Kier molecular flexibility index (Phi) is 9.56. The predicted molar refractivity (Wildman–Crippen MR) is 78.3 cm³/mol. The molecule has 1 saturated heterocycles. The van der Waals surface area contributed by atoms with Crippen LogP contribution in [0.4, 0.5) is 0 Å². The van der Waals surface area contributed by atoms with Gasteiger partial charge in [0.05, 0.1) is 0 Å². The quantitative estimate of drug-likeness (QED) is 0.894. The van der Waals surface area contributed by atoms with Crippen LogP contribution in [0.1, 0.15) is 18.4 Å². The highest BCUT2D eigenvalue weighted by Gasteiger charge is 2.07. The van der Waals surface area contributed by atoms with Gasteiger partial charge >= 0.3 is 0 Å². The van der Waals surface area contributed by atoms with Crippen LogP contribution in [-0.4, -0.2) is 31.1 Å². The molecule has 0 atom stereocenters. The van der Waals surface area contributed by atoms with Crippen molar-refractivity contribution in [3.63, 3.8) is 0 Å². The second kappa shape index (κ2) is 9.72. The van der Waals surface area contributed by atoms with Crippen molar-refractivity contribution in [2.24, 2.45) is 0 Å². The third-order valence-electron chi connectivity index (χ3n) is 2.90. The van der Waals surface area contributed by atoms with E-state index in [9.17, 15) is 0 Å². The molecule has 1 N–H and O–H groups in total. The Bertz CT molecular complexity index is 272. The Labute approximate surface area is 117 Å². The van der Waals surface area contributed by atoms with E-state index >= 15 is 0 Å². The second-order valence-electron chi connectivity index (χ2n) is 4.22. The lowest BCUT2D eigenvalue weighted by Gasteiger charge is -2.24. The Hall–Kier alpha value is -0.280. The number of hydrogen-bond donors (Lipinski definition) is 1. The monoisotopic (exact) mass is 276 g/mol. The number of benzene rings is 1. The van der Waals surface area contributed by atoms with Crippen LogP contribution in [0.3, 0.4) is 0 Å². The smallest absolute Gasteiger partial charge is 0.0233 e. The van der Waals surface area contributed by atoms with Gasteiger partial charge in [0.25, 0.3) is 0 Å². The van der Waals surface area contributed by atoms with Gasteiger partial charge in [-0.2, -0.15) is 0 Å². The van der Waals surface area contributed by atoms with Crippen molar-refractivity contribution in [1.82, 2.24) is 10.2 Å². The minimum absolute atomic E-state index is 0. The third-order valence-corrected chi connectivity index (χ3v) is 2.90. The minimum atomic E-state index is 0. The highest BCUT2D eigenvalue weighted by molar-refractivity contribution is 5.85. The summed E-state index contributed by atoms with van der Waals surface area (Å²) >= 11 is 0. The Morgan fingerprint density at radius 3 is 2.12 bits per heavy atom. The predicted octanol–water partition coefficient (Wildman–Crippen LogP) is 2.72. The first-order valence-corrected chi connectivity index (χ1v) is 5.92. The molecule has 1 aromatic carbocycles. The molecule has 0 radical (unpaired) electrons. The first-order chi connectivity index (χ1) is 7.45. The van der Waals surface area contributed by atoms with E-state index in [2.05, 4.69) is 40.5 Å². The molecule has 0 bridgehead atoms. The average Bonchev–Trinajstić information content (AvgIpc) is 2.23. The van der Waals surface area contributed by atoms with Crippen molar-refractivity contribution in [3.05, 3.63) is 35.9 Å². The number of nitrogens with one attached hydrogen (secondary N) is 1. The van der Waals surface area contributed by atoms with Crippen molar-refractivity contribution < 1.29 is 0 Å². The van der Waals surface area contributed by atoms with Crippen LogP contribution in [-0.2, 0) is 6.54 Å². The van der Waals surface area contributed by atoms with Gasteiger partial charge < -0.3 is 5.32 Å². The molecule has 0 saturated carbocycles. The number of hydrogen-bond acceptors (Lipinski definition) is 2. The summed E-state index contributed by atoms with van der Waals surface area (Å²) in [6.45, 7) is 5.90. The van der Waals surface area contributed by atoms with E-state index in [4.69, 9.17) is 0 Å². The Morgan fingerprint density at radius 1 is 0.941 bits per heavy atom. The summed E-state index contributed by atoms with van der Waals surface area (Å²) in [5.41, 5.74) is 1.44. The standard InChI is InChI=1S/C13H20N2.2ClH/c1-2-6-13(7-3-1)12-15-10-4-8-14-9-5-11-15;;/h1-3,6-7,14H,4-5,8-12H2;2*1H. The van der Waals surface area contributed by atoms with Crippen molar-refractivity contribution in [3.8, 4) is 0 Å². The molecule has 1 aromatic rings. The summed E-state index contributed by atoms with van der Waals surface area (Å²) < 4.78 is 0. The summed E-state index contributed by atoms with van der Waals surface area (Å²) in [4.78, 5) is 2.57. The Morgan fingerprint density at radius 2 is 1.53 bits per heavy atom. The van der Waals surface area contributed by atoms with E-state index < -0.39 is 0 Å². The summed E-state index contributed by atoms with van der Waals surface area (Å²) in [6.07, 6.45) is 2.54. The maximum absolute atomic E-state index is 3.44. The summed E-state index contributed by atoms with van der Waals surface area (Å²) in [6, 6.07) is 10.8. The summed E-state index contributed by atoms with van der Waals surface area (Å²) in [7, 11) is 0. The average molecular weight is 277 g/mol. The Balaban J connectivity index is 0.00000128. The third kappa shape index (κ3) is 6.27. The molecular weight excluding hydrogens is 255 g/mol. The largest absolute Gasteiger partial charge is 0.317 e. The van der Waals surface area contributed by atoms with E-state index in [0.717, 1.165) is 6.54 Å². The van der Waals surface area contributed by atoms with E-state index in [1.54, 1.807) is 0 Å². The zero-order chi connectivity index (χ0) is 10.3. The molecule has 0 aromatic heterocycles. The van der Waals surface area contributed by atoms with Crippen molar-refractivity contribution >= 4 is 24.8 Å². The minimum Gasteiger partial charge on any atom is -0.317 e. The molecule has 1 fully saturated rings. The molecule has 1 aliphatic heterocycles. The number of halogens is 2. The van der Waals surface area contributed by atoms with Crippen LogP contribution in [0, 0.1) is 0 Å². The molecule has 98 valence electrons. The number of rotatable bonds is 2. The molecular formula is C13H22Cl2N2. The maximum Gasteiger partial charge on any atom is 0.0233 e. The van der Waals surface area contributed by atoms with Crippen molar-refractivity contribution in [2.45, 2.75) is 19.4 Å². The van der Waals surface area contributed by atoms with E-state index in [1.165, 1.54) is 44.6 Å². The van der Waals surface area contributed by atoms with Gasteiger partial charge in [0.15, 0.2) is 0 Å². The van der Waals surface area contributed by atoms with Crippen LogP contribution in [0.15, 0.2) is 30.3 Å². The molecule has 1 heterocycles. The van der Waals surface area contributed by atoms with Crippen LogP contribution >= 0.6 is 24.8 Å². The van der Waals surface area contributed by atoms with E-state index in [0.29, 0.717) is 0 Å². The molecule has 2 rings (SSSR count). The molecule has 17 heavy (non-hydrogen) atoms. The lowest BCUT2D eigenvalue weighted by atomic mass is 10.2. The van der Waals surface area contributed by atoms with Crippen molar-refractivity contribution in [2.75, 3.05) is 26.2 Å². The van der Waals surface area contributed by atoms with E-state index in [-0.39, 0.29) is 24.8 Å². The van der Waals surface area contributed by atoms with Gasteiger partial charge in [-0.3, -0.25) is 4.90 Å². The maximum atomic E-state index is 3.44.